The van der Waals surface area contributed by atoms with E-state index >= 15 is 0 Å². The molecule has 2 nitrogen and oxygen atoms in total. The molecule has 0 aliphatic rings. The van der Waals surface area contributed by atoms with Gasteiger partial charge in [0, 0.05) is 6.04 Å². The Morgan fingerprint density at radius 1 is 1.47 bits per heavy atom. The van der Waals surface area contributed by atoms with Crippen LogP contribution in [0.2, 0.25) is 5.02 Å². The zero-order valence-corrected chi connectivity index (χ0v) is 12.2. The smallest absolute Gasteiger partial charge is 0.137 e. The van der Waals surface area contributed by atoms with Gasteiger partial charge in [-0.25, -0.2) is 0 Å². The maximum absolute atomic E-state index is 6.03. The van der Waals surface area contributed by atoms with Gasteiger partial charge in [0.25, 0.3) is 0 Å². The molecule has 0 fully saturated rings. The van der Waals surface area contributed by atoms with Crippen molar-refractivity contribution in [2.75, 3.05) is 25.7 Å². The molecular formula is C13H20ClNOS. The summed E-state index contributed by atoms with van der Waals surface area (Å²) in [7, 11) is 1.65. The summed E-state index contributed by atoms with van der Waals surface area (Å²) in [5.41, 5.74) is 1.24. The van der Waals surface area contributed by atoms with Gasteiger partial charge in [-0.3, -0.25) is 0 Å². The second kappa shape index (κ2) is 7.85. The van der Waals surface area contributed by atoms with Crippen LogP contribution >= 0.6 is 23.4 Å². The summed E-state index contributed by atoms with van der Waals surface area (Å²) >= 11 is 7.90. The summed E-state index contributed by atoms with van der Waals surface area (Å²) in [6.45, 7) is 3.09. The van der Waals surface area contributed by atoms with Crippen LogP contribution in [0.5, 0.6) is 5.75 Å². The number of methoxy groups -OCH3 is 1. The summed E-state index contributed by atoms with van der Waals surface area (Å²) in [5.74, 6) is 1.89. The van der Waals surface area contributed by atoms with Crippen molar-refractivity contribution in [1.29, 1.82) is 0 Å². The van der Waals surface area contributed by atoms with Crippen LogP contribution in [0, 0.1) is 0 Å². The lowest BCUT2D eigenvalue weighted by Crippen LogP contribution is -2.21. The molecular weight excluding hydrogens is 254 g/mol. The second-order valence-corrected chi connectivity index (χ2v) is 5.18. The Kier molecular flexibility index (Phi) is 6.78. The van der Waals surface area contributed by atoms with Crippen molar-refractivity contribution in [3.05, 3.63) is 28.8 Å². The molecule has 0 saturated carbocycles. The van der Waals surface area contributed by atoms with E-state index in [9.17, 15) is 0 Å². The molecule has 1 rings (SSSR count). The number of benzene rings is 1. The molecule has 1 aromatic carbocycles. The fourth-order valence-corrected chi connectivity index (χ4v) is 2.43. The van der Waals surface area contributed by atoms with Crippen LogP contribution in [0.1, 0.15) is 24.9 Å². The molecule has 0 amide bonds. The third-order valence-electron chi connectivity index (χ3n) is 2.64. The number of thioether (sulfide) groups is 1. The molecule has 0 saturated heterocycles. The highest BCUT2D eigenvalue weighted by molar-refractivity contribution is 7.98. The van der Waals surface area contributed by atoms with Crippen LogP contribution in [0.3, 0.4) is 0 Å². The predicted octanol–water partition coefficient (Wildman–Crippen LogP) is 3.75. The van der Waals surface area contributed by atoms with E-state index in [1.54, 1.807) is 7.11 Å². The lowest BCUT2D eigenvalue weighted by atomic mass is 10.0. The zero-order valence-electron chi connectivity index (χ0n) is 10.6. The highest BCUT2D eigenvalue weighted by Gasteiger charge is 2.12. The number of hydrogen-bond acceptors (Lipinski definition) is 3. The van der Waals surface area contributed by atoms with E-state index in [4.69, 9.17) is 16.3 Å². The molecule has 1 unspecified atom stereocenters. The first kappa shape index (κ1) is 14.7. The van der Waals surface area contributed by atoms with Gasteiger partial charge in [0.2, 0.25) is 0 Å². The third kappa shape index (κ3) is 4.41. The highest BCUT2D eigenvalue weighted by Crippen LogP contribution is 2.29. The van der Waals surface area contributed by atoms with E-state index in [-0.39, 0.29) is 0 Å². The molecule has 1 N–H and O–H groups in total. The Balaban J connectivity index is 2.85. The van der Waals surface area contributed by atoms with Crippen molar-refractivity contribution in [3.8, 4) is 5.75 Å². The third-order valence-corrected chi connectivity index (χ3v) is 3.59. The average Bonchev–Trinajstić information content (AvgIpc) is 2.35. The summed E-state index contributed by atoms with van der Waals surface area (Å²) in [5, 5.41) is 4.16. The van der Waals surface area contributed by atoms with Crippen LogP contribution in [-0.2, 0) is 0 Å². The molecule has 0 bridgehead atoms. The Bertz CT molecular complexity index is 346. The molecule has 0 spiro atoms. The van der Waals surface area contributed by atoms with E-state index in [0.717, 1.165) is 24.5 Å². The number of hydrogen-bond donors (Lipinski definition) is 1. The van der Waals surface area contributed by atoms with Crippen LogP contribution in [0.25, 0.3) is 0 Å². The quantitative estimate of drug-likeness (QED) is 0.818. The summed E-state index contributed by atoms with van der Waals surface area (Å²) in [6, 6.07) is 6.37. The maximum Gasteiger partial charge on any atom is 0.137 e. The van der Waals surface area contributed by atoms with Crippen LogP contribution < -0.4 is 10.1 Å². The molecule has 1 aromatic rings. The van der Waals surface area contributed by atoms with Gasteiger partial charge in [0.15, 0.2) is 0 Å². The minimum atomic E-state index is 0.374. The Morgan fingerprint density at radius 2 is 2.24 bits per heavy atom. The van der Waals surface area contributed by atoms with Crippen molar-refractivity contribution in [2.24, 2.45) is 0 Å². The number of ether oxygens (including phenoxy) is 1. The van der Waals surface area contributed by atoms with Crippen LogP contribution in [0.4, 0.5) is 0 Å². The van der Waals surface area contributed by atoms with Crippen LogP contribution in [-0.4, -0.2) is 25.7 Å². The van der Waals surface area contributed by atoms with Crippen molar-refractivity contribution in [3.63, 3.8) is 0 Å². The number of rotatable bonds is 7. The average molecular weight is 274 g/mol. The molecule has 96 valence electrons. The molecule has 0 aromatic heterocycles. The van der Waals surface area contributed by atoms with Crippen molar-refractivity contribution in [1.82, 2.24) is 5.32 Å². The summed E-state index contributed by atoms with van der Waals surface area (Å²) in [4.78, 5) is 0. The Hall–Kier alpha value is -0.380. The first-order chi connectivity index (χ1) is 8.22. The second-order valence-electron chi connectivity index (χ2n) is 3.79. The van der Waals surface area contributed by atoms with Gasteiger partial charge < -0.3 is 10.1 Å². The standard InChI is InChI=1S/C13H20ClNOS/c1-4-15-12(7-8-17-3)10-5-6-11(14)13(9-10)16-2/h5-6,9,12,15H,4,7-8H2,1-3H3. The number of halogens is 1. The Morgan fingerprint density at radius 3 is 2.82 bits per heavy atom. The summed E-state index contributed by atoms with van der Waals surface area (Å²) in [6.07, 6.45) is 3.24. The highest BCUT2D eigenvalue weighted by atomic mass is 35.5. The van der Waals surface area contributed by atoms with E-state index in [1.807, 2.05) is 23.9 Å². The van der Waals surface area contributed by atoms with Crippen molar-refractivity contribution >= 4 is 23.4 Å². The van der Waals surface area contributed by atoms with Gasteiger partial charge in [-0.1, -0.05) is 24.6 Å². The minimum Gasteiger partial charge on any atom is -0.495 e. The fourth-order valence-electron chi connectivity index (χ4n) is 1.76. The maximum atomic E-state index is 6.03. The van der Waals surface area contributed by atoms with Crippen LogP contribution in [0.15, 0.2) is 18.2 Å². The largest absolute Gasteiger partial charge is 0.495 e. The van der Waals surface area contributed by atoms with Gasteiger partial charge in [-0.05, 0) is 42.7 Å². The first-order valence-electron chi connectivity index (χ1n) is 5.78. The molecule has 0 heterocycles. The molecule has 0 radical (unpaired) electrons. The molecule has 4 heteroatoms. The summed E-state index contributed by atoms with van der Waals surface area (Å²) < 4.78 is 5.25. The Labute approximate surface area is 113 Å². The topological polar surface area (TPSA) is 21.3 Å². The molecule has 1 atom stereocenters. The van der Waals surface area contributed by atoms with Gasteiger partial charge in [0.05, 0.1) is 12.1 Å². The zero-order chi connectivity index (χ0) is 12.7. The molecule has 0 aliphatic carbocycles. The molecule has 0 aliphatic heterocycles. The normalized spacial score (nSPS) is 12.5. The van der Waals surface area contributed by atoms with Crippen molar-refractivity contribution in [2.45, 2.75) is 19.4 Å². The van der Waals surface area contributed by atoms with Gasteiger partial charge in [-0.2, -0.15) is 11.8 Å². The lowest BCUT2D eigenvalue weighted by molar-refractivity contribution is 0.413. The lowest BCUT2D eigenvalue weighted by Gasteiger charge is -2.19. The van der Waals surface area contributed by atoms with E-state index in [1.165, 1.54) is 5.56 Å². The molecule has 17 heavy (non-hydrogen) atoms. The minimum absolute atomic E-state index is 0.374. The monoisotopic (exact) mass is 273 g/mol. The number of nitrogens with one attached hydrogen (secondary N) is 1. The van der Waals surface area contributed by atoms with E-state index in [2.05, 4.69) is 24.6 Å². The van der Waals surface area contributed by atoms with E-state index < -0.39 is 0 Å². The SMILES string of the molecule is CCNC(CCSC)c1ccc(Cl)c(OC)c1. The first-order valence-corrected chi connectivity index (χ1v) is 7.55. The predicted molar refractivity (Wildman–Crippen MR) is 77.4 cm³/mol. The van der Waals surface area contributed by atoms with Gasteiger partial charge in [-0.15, -0.1) is 0 Å². The fraction of sp³-hybridized carbons (Fsp3) is 0.538. The van der Waals surface area contributed by atoms with Gasteiger partial charge in [0.1, 0.15) is 5.75 Å². The van der Waals surface area contributed by atoms with Gasteiger partial charge >= 0.3 is 0 Å². The van der Waals surface area contributed by atoms with E-state index in [0.29, 0.717) is 11.1 Å². The van der Waals surface area contributed by atoms with Crippen molar-refractivity contribution < 1.29 is 4.74 Å².